The minimum Gasteiger partial charge on any atom is -0.340 e. The molecule has 0 spiro atoms. The zero-order chi connectivity index (χ0) is 17.4. The summed E-state index contributed by atoms with van der Waals surface area (Å²) in [5.74, 6) is 0.517. The number of piperidine rings is 1. The average molecular weight is 344 g/mol. The van der Waals surface area contributed by atoms with Gasteiger partial charge in [0.15, 0.2) is 0 Å². The Balaban J connectivity index is 1.45. The number of hydrogen-bond acceptors (Lipinski definition) is 2. The minimum absolute atomic E-state index is 0.000735. The molecule has 3 aliphatic heterocycles. The summed E-state index contributed by atoms with van der Waals surface area (Å²) in [6.45, 7) is 2.01. The molecule has 1 aromatic carbocycles. The third-order valence-electron chi connectivity index (χ3n) is 6.07. The van der Waals surface area contributed by atoms with Crippen LogP contribution in [-0.4, -0.2) is 47.3 Å². The van der Waals surface area contributed by atoms with Gasteiger partial charge in [-0.2, -0.15) is 0 Å². The van der Waals surface area contributed by atoms with Crippen molar-refractivity contribution in [3.05, 3.63) is 35.6 Å². The number of nitrogens with zero attached hydrogens (tertiary/aromatic N) is 2. The second-order valence-electron chi connectivity index (χ2n) is 7.82. The molecular formula is C20H25FN2O2. The van der Waals surface area contributed by atoms with E-state index in [0.717, 1.165) is 19.4 Å². The Hall–Kier alpha value is -1.91. The van der Waals surface area contributed by atoms with E-state index in [4.69, 9.17) is 0 Å². The fraction of sp³-hybridized carbons (Fsp3) is 0.600. The number of halogens is 1. The van der Waals surface area contributed by atoms with Crippen LogP contribution in [0.3, 0.4) is 0 Å². The van der Waals surface area contributed by atoms with Gasteiger partial charge in [0, 0.05) is 25.7 Å². The van der Waals surface area contributed by atoms with E-state index in [1.54, 1.807) is 12.1 Å². The monoisotopic (exact) mass is 344 g/mol. The molecule has 3 heterocycles. The van der Waals surface area contributed by atoms with Crippen LogP contribution in [0.25, 0.3) is 0 Å². The van der Waals surface area contributed by atoms with Gasteiger partial charge < -0.3 is 9.80 Å². The molecule has 2 atom stereocenters. The molecule has 2 amide bonds. The van der Waals surface area contributed by atoms with Crippen LogP contribution in [-0.2, 0) is 16.0 Å². The molecule has 1 aromatic rings. The zero-order valence-corrected chi connectivity index (χ0v) is 14.5. The molecule has 0 radical (unpaired) electrons. The summed E-state index contributed by atoms with van der Waals surface area (Å²) in [4.78, 5) is 29.4. The molecular weight excluding hydrogens is 319 g/mol. The van der Waals surface area contributed by atoms with E-state index in [0.29, 0.717) is 24.6 Å². The summed E-state index contributed by atoms with van der Waals surface area (Å²) in [5.41, 5.74) is 0.694. The first-order chi connectivity index (χ1) is 12.1. The van der Waals surface area contributed by atoms with Crippen molar-refractivity contribution in [3.63, 3.8) is 0 Å². The van der Waals surface area contributed by atoms with Crippen molar-refractivity contribution < 1.29 is 14.0 Å². The van der Waals surface area contributed by atoms with Crippen molar-refractivity contribution in [3.8, 4) is 0 Å². The van der Waals surface area contributed by atoms with Crippen molar-refractivity contribution in [1.29, 1.82) is 0 Å². The van der Waals surface area contributed by atoms with Crippen molar-refractivity contribution in [2.24, 2.45) is 11.8 Å². The Morgan fingerprint density at radius 3 is 2.72 bits per heavy atom. The molecule has 2 bridgehead atoms. The van der Waals surface area contributed by atoms with Crippen molar-refractivity contribution >= 4 is 11.8 Å². The highest BCUT2D eigenvalue weighted by Crippen LogP contribution is 2.34. The smallest absolute Gasteiger partial charge is 0.227 e. The molecule has 5 rings (SSSR count). The molecule has 4 aliphatic rings. The van der Waals surface area contributed by atoms with Crippen LogP contribution in [0.4, 0.5) is 4.39 Å². The number of carbonyl (C=O) groups is 2. The van der Waals surface area contributed by atoms with Crippen LogP contribution in [0.15, 0.2) is 24.3 Å². The highest BCUT2D eigenvalue weighted by molar-refractivity contribution is 5.84. The van der Waals surface area contributed by atoms with Gasteiger partial charge in [-0.15, -0.1) is 0 Å². The first-order valence-corrected chi connectivity index (χ1v) is 9.43. The Kier molecular flexibility index (Phi) is 4.48. The Morgan fingerprint density at radius 2 is 2.00 bits per heavy atom. The first kappa shape index (κ1) is 16.6. The summed E-state index contributed by atoms with van der Waals surface area (Å²) < 4.78 is 13.3. The third-order valence-corrected chi connectivity index (χ3v) is 6.07. The number of hydrogen-bond donors (Lipinski definition) is 0. The molecule has 3 saturated heterocycles. The lowest BCUT2D eigenvalue weighted by atomic mass is 9.83. The highest BCUT2D eigenvalue weighted by Gasteiger charge is 2.42. The Bertz CT molecular complexity index is 673. The molecule has 5 heteroatoms. The van der Waals surface area contributed by atoms with Gasteiger partial charge in [0.1, 0.15) is 5.82 Å². The van der Waals surface area contributed by atoms with Crippen molar-refractivity contribution in [2.45, 2.75) is 44.6 Å². The molecule has 134 valence electrons. The number of amides is 2. The number of rotatable bonds is 4. The lowest BCUT2D eigenvalue weighted by molar-refractivity contribution is -0.141. The molecule has 0 unspecified atom stereocenters. The van der Waals surface area contributed by atoms with E-state index in [2.05, 4.69) is 4.90 Å². The van der Waals surface area contributed by atoms with Gasteiger partial charge in [0.25, 0.3) is 0 Å². The first-order valence-electron chi connectivity index (χ1n) is 9.43. The molecule has 25 heavy (non-hydrogen) atoms. The number of fused-ring (bicyclic) bond motifs is 4. The fourth-order valence-corrected chi connectivity index (χ4v) is 4.37. The van der Waals surface area contributed by atoms with E-state index in [-0.39, 0.29) is 36.0 Å². The van der Waals surface area contributed by atoms with Gasteiger partial charge in [-0.25, -0.2) is 4.39 Å². The SMILES string of the molecule is O=C(Cc1cccc(F)c1)N1C[C@@H]2CC[C@H](C1)N(CC1CCC1)C2=O. The summed E-state index contributed by atoms with van der Waals surface area (Å²) in [6, 6.07) is 6.37. The standard InChI is InChI=1S/C20H25FN2O2/c21-17-6-2-5-15(9-17)10-19(24)22-12-16-7-8-18(13-22)23(20(16)25)11-14-3-1-4-14/h2,5-6,9,14,16,18H,1,3-4,7-8,10-13H2/t16-,18+/m0/s1. The zero-order valence-electron chi connectivity index (χ0n) is 14.5. The second kappa shape index (κ2) is 6.77. The van der Waals surface area contributed by atoms with E-state index in [1.807, 2.05) is 4.90 Å². The van der Waals surface area contributed by atoms with E-state index >= 15 is 0 Å². The molecule has 0 aromatic heterocycles. The summed E-state index contributed by atoms with van der Waals surface area (Å²) in [6.07, 6.45) is 5.81. The third kappa shape index (κ3) is 3.42. The van der Waals surface area contributed by atoms with Gasteiger partial charge in [0.05, 0.1) is 12.3 Å². The number of benzene rings is 1. The maximum atomic E-state index is 13.3. The van der Waals surface area contributed by atoms with Crippen LogP contribution in [0.2, 0.25) is 0 Å². The van der Waals surface area contributed by atoms with Crippen molar-refractivity contribution in [2.75, 3.05) is 19.6 Å². The molecule has 1 aliphatic carbocycles. The van der Waals surface area contributed by atoms with Crippen LogP contribution >= 0.6 is 0 Å². The molecule has 1 saturated carbocycles. The van der Waals surface area contributed by atoms with Crippen LogP contribution in [0, 0.1) is 17.7 Å². The van der Waals surface area contributed by atoms with E-state index in [9.17, 15) is 14.0 Å². The lowest BCUT2D eigenvalue weighted by Crippen LogP contribution is -2.50. The molecule has 0 N–H and O–H groups in total. The van der Waals surface area contributed by atoms with Gasteiger partial charge in [-0.05, 0) is 49.3 Å². The summed E-state index contributed by atoms with van der Waals surface area (Å²) in [5, 5.41) is 0. The highest BCUT2D eigenvalue weighted by atomic mass is 19.1. The van der Waals surface area contributed by atoms with Crippen LogP contribution in [0.5, 0.6) is 0 Å². The topological polar surface area (TPSA) is 40.6 Å². The van der Waals surface area contributed by atoms with Gasteiger partial charge >= 0.3 is 0 Å². The van der Waals surface area contributed by atoms with Crippen molar-refractivity contribution in [1.82, 2.24) is 9.80 Å². The van der Waals surface area contributed by atoms with E-state index < -0.39 is 0 Å². The second-order valence-corrected chi connectivity index (χ2v) is 7.82. The quantitative estimate of drug-likeness (QED) is 0.842. The lowest BCUT2D eigenvalue weighted by Gasteiger charge is -2.40. The normalized spacial score (nSPS) is 26.5. The Labute approximate surface area is 148 Å². The maximum Gasteiger partial charge on any atom is 0.227 e. The maximum absolute atomic E-state index is 13.3. The summed E-state index contributed by atoms with van der Waals surface area (Å²) in [7, 11) is 0. The predicted molar refractivity (Wildman–Crippen MR) is 92.3 cm³/mol. The van der Waals surface area contributed by atoms with Crippen LogP contribution in [0.1, 0.15) is 37.7 Å². The van der Waals surface area contributed by atoms with Gasteiger partial charge in [-0.3, -0.25) is 9.59 Å². The average Bonchev–Trinajstić information content (AvgIpc) is 2.83. The van der Waals surface area contributed by atoms with Gasteiger partial charge in [0.2, 0.25) is 11.8 Å². The molecule has 4 fully saturated rings. The van der Waals surface area contributed by atoms with Crippen LogP contribution < -0.4 is 0 Å². The molecule has 4 nitrogen and oxygen atoms in total. The largest absolute Gasteiger partial charge is 0.340 e. The predicted octanol–water partition coefficient (Wildman–Crippen LogP) is 2.62. The Morgan fingerprint density at radius 1 is 1.16 bits per heavy atom. The van der Waals surface area contributed by atoms with E-state index in [1.165, 1.54) is 31.4 Å². The fourth-order valence-electron chi connectivity index (χ4n) is 4.37. The minimum atomic E-state index is -0.317. The van der Waals surface area contributed by atoms with Gasteiger partial charge in [-0.1, -0.05) is 18.6 Å². The summed E-state index contributed by atoms with van der Waals surface area (Å²) >= 11 is 0. The number of carbonyl (C=O) groups excluding carboxylic acids is 2.